The summed E-state index contributed by atoms with van der Waals surface area (Å²) in [6.07, 6.45) is 1.86. The van der Waals surface area contributed by atoms with Crippen LogP contribution in [0, 0.1) is 5.92 Å². The lowest BCUT2D eigenvalue weighted by molar-refractivity contribution is 0.237. The summed E-state index contributed by atoms with van der Waals surface area (Å²) in [5.41, 5.74) is 1.15. The molecular formula is C13H23N3. The van der Waals surface area contributed by atoms with Gasteiger partial charge in [0.05, 0.1) is 5.69 Å². The van der Waals surface area contributed by atoms with Crippen molar-refractivity contribution in [2.24, 2.45) is 5.92 Å². The Labute approximate surface area is 98.9 Å². The van der Waals surface area contributed by atoms with Gasteiger partial charge in [-0.1, -0.05) is 19.9 Å². The molecule has 1 aromatic rings. The molecule has 1 heterocycles. The van der Waals surface area contributed by atoms with Crippen molar-refractivity contribution in [3.63, 3.8) is 0 Å². The first-order valence-electron chi connectivity index (χ1n) is 6.03. The SMILES string of the molecule is CCN(Cc1ccccn1)CC(C)CNC. The quantitative estimate of drug-likeness (QED) is 0.760. The van der Waals surface area contributed by atoms with Gasteiger partial charge in [0.1, 0.15) is 0 Å². The van der Waals surface area contributed by atoms with Crippen LogP contribution in [-0.4, -0.2) is 36.6 Å². The first-order valence-corrected chi connectivity index (χ1v) is 6.03. The molecule has 0 amide bonds. The highest BCUT2D eigenvalue weighted by molar-refractivity contribution is 5.03. The van der Waals surface area contributed by atoms with Gasteiger partial charge in [0, 0.05) is 19.3 Å². The Morgan fingerprint density at radius 3 is 2.81 bits per heavy atom. The summed E-state index contributed by atoms with van der Waals surface area (Å²) in [4.78, 5) is 6.80. The first kappa shape index (κ1) is 13.1. The van der Waals surface area contributed by atoms with E-state index in [-0.39, 0.29) is 0 Å². The minimum atomic E-state index is 0.675. The molecule has 1 aromatic heterocycles. The second-order valence-electron chi connectivity index (χ2n) is 4.31. The topological polar surface area (TPSA) is 28.2 Å². The van der Waals surface area contributed by atoms with Crippen molar-refractivity contribution in [2.75, 3.05) is 26.7 Å². The Balaban J connectivity index is 2.43. The molecule has 0 aliphatic heterocycles. The average Bonchev–Trinajstić information content (AvgIpc) is 2.30. The van der Waals surface area contributed by atoms with Gasteiger partial charge in [-0.15, -0.1) is 0 Å². The summed E-state index contributed by atoms with van der Waals surface area (Å²) in [6, 6.07) is 6.10. The third-order valence-electron chi connectivity index (χ3n) is 2.68. The van der Waals surface area contributed by atoms with Crippen LogP contribution < -0.4 is 5.32 Å². The highest BCUT2D eigenvalue weighted by atomic mass is 15.1. The van der Waals surface area contributed by atoms with Crippen molar-refractivity contribution in [3.8, 4) is 0 Å². The maximum absolute atomic E-state index is 4.36. The minimum Gasteiger partial charge on any atom is -0.319 e. The molecule has 0 aromatic carbocycles. The molecule has 3 heteroatoms. The molecule has 1 unspecified atom stereocenters. The summed E-state index contributed by atoms with van der Waals surface area (Å²) < 4.78 is 0. The van der Waals surface area contributed by atoms with Gasteiger partial charge in [-0.25, -0.2) is 0 Å². The van der Waals surface area contributed by atoms with Gasteiger partial charge in [0.25, 0.3) is 0 Å². The van der Waals surface area contributed by atoms with Gasteiger partial charge < -0.3 is 5.32 Å². The van der Waals surface area contributed by atoms with Gasteiger partial charge in [-0.3, -0.25) is 9.88 Å². The third kappa shape index (κ3) is 4.73. The Bertz CT molecular complexity index is 274. The molecule has 1 N–H and O–H groups in total. The number of hydrogen-bond acceptors (Lipinski definition) is 3. The molecule has 1 atom stereocenters. The number of aromatic nitrogens is 1. The predicted molar refractivity (Wildman–Crippen MR) is 68.3 cm³/mol. The molecule has 1 rings (SSSR count). The molecule has 0 bridgehead atoms. The average molecular weight is 221 g/mol. The van der Waals surface area contributed by atoms with Crippen LogP contribution in [0.2, 0.25) is 0 Å². The lowest BCUT2D eigenvalue weighted by Gasteiger charge is -2.23. The highest BCUT2D eigenvalue weighted by Gasteiger charge is 2.08. The Morgan fingerprint density at radius 2 is 2.25 bits per heavy atom. The smallest absolute Gasteiger partial charge is 0.0543 e. The van der Waals surface area contributed by atoms with Crippen molar-refractivity contribution in [2.45, 2.75) is 20.4 Å². The fourth-order valence-corrected chi connectivity index (χ4v) is 1.88. The van der Waals surface area contributed by atoms with E-state index in [1.807, 2.05) is 25.4 Å². The summed E-state index contributed by atoms with van der Waals surface area (Å²) in [5, 5.41) is 3.22. The largest absolute Gasteiger partial charge is 0.319 e. The summed E-state index contributed by atoms with van der Waals surface area (Å²) in [7, 11) is 2.01. The maximum atomic E-state index is 4.36. The summed E-state index contributed by atoms with van der Waals surface area (Å²) in [6.45, 7) is 8.69. The molecule has 0 saturated heterocycles. The normalized spacial score (nSPS) is 13.0. The summed E-state index contributed by atoms with van der Waals surface area (Å²) in [5.74, 6) is 0.675. The molecule has 0 saturated carbocycles. The van der Waals surface area contributed by atoms with E-state index in [1.165, 1.54) is 0 Å². The Hall–Kier alpha value is -0.930. The van der Waals surface area contributed by atoms with Gasteiger partial charge >= 0.3 is 0 Å². The van der Waals surface area contributed by atoms with E-state index in [0.717, 1.165) is 31.9 Å². The lowest BCUT2D eigenvalue weighted by atomic mass is 10.1. The first-order chi connectivity index (χ1) is 7.76. The van der Waals surface area contributed by atoms with E-state index in [1.54, 1.807) is 0 Å². The molecule has 0 fully saturated rings. The van der Waals surface area contributed by atoms with Gasteiger partial charge in [-0.05, 0) is 38.2 Å². The Kier molecular flexibility index (Phi) is 6.04. The second kappa shape index (κ2) is 7.36. The fourth-order valence-electron chi connectivity index (χ4n) is 1.88. The van der Waals surface area contributed by atoms with Crippen LogP contribution in [0.15, 0.2) is 24.4 Å². The fraction of sp³-hybridized carbons (Fsp3) is 0.615. The van der Waals surface area contributed by atoms with E-state index < -0.39 is 0 Å². The molecule has 16 heavy (non-hydrogen) atoms. The molecule has 0 aliphatic carbocycles. The van der Waals surface area contributed by atoms with E-state index in [4.69, 9.17) is 0 Å². The van der Waals surface area contributed by atoms with Crippen LogP contribution in [0.4, 0.5) is 0 Å². The van der Waals surface area contributed by atoms with Crippen molar-refractivity contribution < 1.29 is 0 Å². The van der Waals surface area contributed by atoms with Crippen molar-refractivity contribution in [1.82, 2.24) is 15.2 Å². The van der Waals surface area contributed by atoms with Crippen molar-refractivity contribution in [1.29, 1.82) is 0 Å². The van der Waals surface area contributed by atoms with Gasteiger partial charge in [0.15, 0.2) is 0 Å². The van der Waals surface area contributed by atoms with E-state index in [2.05, 4.69) is 35.1 Å². The highest BCUT2D eigenvalue weighted by Crippen LogP contribution is 2.04. The van der Waals surface area contributed by atoms with Crippen LogP contribution in [0.25, 0.3) is 0 Å². The molecule has 90 valence electrons. The van der Waals surface area contributed by atoms with Crippen molar-refractivity contribution in [3.05, 3.63) is 30.1 Å². The lowest BCUT2D eigenvalue weighted by Crippen LogP contribution is -2.32. The number of nitrogens with zero attached hydrogens (tertiary/aromatic N) is 2. The molecule has 0 spiro atoms. The van der Waals surface area contributed by atoms with Gasteiger partial charge in [-0.2, -0.15) is 0 Å². The monoisotopic (exact) mass is 221 g/mol. The molecule has 3 nitrogen and oxygen atoms in total. The van der Waals surface area contributed by atoms with Crippen LogP contribution in [0.1, 0.15) is 19.5 Å². The number of hydrogen-bond donors (Lipinski definition) is 1. The van der Waals surface area contributed by atoms with E-state index in [9.17, 15) is 0 Å². The second-order valence-corrected chi connectivity index (χ2v) is 4.31. The van der Waals surface area contributed by atoms with Crippen LogP contribution in [-0.2, 0) is 6.54 Å². The van der Waals surface area contributed by atoms with Gasteiger partial charge in [0.2, 0.25) is 0 Å². The van der Waals surface area contributed by atoms with Crippen molar-refractivity contribution >= 4 is 0 Å². The Morgan fingerprint density at radius 1 is 1.44 bits per heavy atom. The molecular weight excluding hydrogens is 198 g/mol. The van der Waals surface area contributed by atoms with Crippen LogP contribution >= 0.6 is 0 Å². The standard InChI is InChI=1S/C13H23N3/c1-4-16(10-12(2)9-14-3)11-13-7-5-6-8-15-13/h5-8,12,14H,4,9-11H2,1-3H3. The van der Waals surface area contributed by atoms with E-state index in [0.29, 0.717) is 5.92 Å². The maximum Gasteiger partial charge on any atom is 0.0543 e. The van der Waals surface area contributed by atoms with Crippen LogP contribution in [0.3, 0.4) is 0 Å². The number of nitrogens with one attached hydrogen (secondary N) is 1. The minimum absolute atomic E-state index is 0.675. The number of rotatable bonds is 7. The zero-order chi connectivity index (χ0) is 11.8. The predicted octanol–water partition coefficient (Wildman–Crippen LogP) is 1.76. The molecule has 0 radical (unpaired) electrons. The third-order valence-corrected chi connectivity index (χ3v) is 2.68. The molecule has 0 aliphatic rings. The zero-order valence-corrected chi connectivity index (χ0v) is 10.6. The number of pyridine rings is 1. The van der Waals surface area contributed by atoms with Crippen LogP contribution in [0.5, 0.6) is 0 Å². The summed E-state index contributed by atoms with van der Waals surface area (Å²) >= 11 is 0. The van der Waals surface area contributed by atoms with E-state index >= 15 is 0 Å². The zero-order valence-electron chi connectivity index (χ0n) is 10.6.